The quantitative estimate of drug-likeness (QED) is 0.214. The molecule has 5 nitrogen and oxygen atoms in total. The molecule has 35 heavy (non-hydrogen) atoms. The van der Waals surface area contributed by atoms with Crippen molar-refractivity contribution in [3.63, 3.8) is 0 Å². The van der Waals surface area contributed by atoms with E-state index in [0.29, 0.717) is 22.2 Å². The molecule has 0 fully saturated rings. The summed E-state index contributed by atoms with van der Waals surface area (Å²) < 4.78 is 13.2. The highest BCUT2D eigenvalue weighted by molar-refractivity contribution is 9.10. The number of ether oxygens (including phenoxy) is 2. The molecule has 3 aromatic carbocycles. The second-order valence-electron chi connectivity index (χ2n) is 7.64. The van der Waals surface area contributed by atoms with Crippen LogP contribution in [0.1, 0.15) is 27.3 Å². The van der Waals surface area contributed by atoms with Gasteiger partial charge in [0, 0.05) is 33.4 Å². The Hall–Kier alpha value is -3.06. The highest BCUT2D eigenvalue weighted by Crippen LogP contribution is 2.31. The topological polar surface area (TPSA) is 53.4 Å². The molecule has 0 amide bonds. The molecule has 0 N–H and O–H groups in total. The maximum Gasteiger partial charge on any atom is 0.337 e. The van der Waals surface area contributed by atoms with Crippen LogP contribution in [-0.4, -0.2) is 29.7 Å². The van der Waals surface area contributed by atoms with Crippen LogP contribution in [0.4, 0.5) is 0 Å². The first kappa shape index (κ1) is 25.0. The number of nitrogens with zero attached hydrogens (tertiary/aromatic N) is 2. The van der Waals surface area contributed by atoms with E-state index in [-0.39, 0.29) is 5.97 Å². The van der Waals surface area contributed by atoms with E-state index in [1.54, 1.807) is 31.4 Å². The molecular formula is C27H21BrCl2N2O3. The molecule has 8 heteroatoms. The monoisotopic (exact) mass is 570 g/mol. The smallest absolute Gasteiger partial charge is 0.337 e. The van der Waals surface area contributed by atoms with Crippen LogP contribution in [0.2, 0.25) is 10.0 Å². The van der Waals surface area contributed by atoms with Gasteiger partial charge in [0.1, 0.15) is 11.6 Å². The van der Waals surface area contributed by atoms with Crippen molar-refractivity contribution in [1.29, 1.82) is 0 Å². The minimum absolute atomic E-state index is 0.370. The zero-order chi connectivity index (χ0) is 24.9. The zero-order valence-electron chi connectivity index (χ0n) is 19.0. The van der Waals surface area contributed by atoms with E-state index < -0.39 is 0 Å². The lowest BCUT2D eigenvalue weighted by molar-refractivity contribution is 0.0600. The number of rotatable bonds is 7. The number of esters is 1. The first-order valence-electron chi connectivity index (χ1n) is 10.6. The van der Waals surface area contributed by atoms with Gasteiger partial charge in [-0.05, 0) is 66.2 Å². The van der Waals surface area contributed by atoms with Gasteiger partial charge in [-0.3, -0.25) is 0 Å². The molecule has 0 saturated carbocycles. The Balaban J connectivity index is 1.73. The molecule has 178 valence electrons. The highest BCUT2D eigenvalue weighted by Gasteiger charge is 2.13. The number of hydrogen-bond acceptors (Lipinski definition) is 4. The van der Waals surface area contributed by atoms with Gasteiger partial charge in [-0.15, -0.1) is 0 Å². The van der Waals surface area contributed by atoms with Crippen LogP contribution in [0.3, 0.4) is 0 Å². The van der Waals surface area contributed by atoms with E-state index in [2.05, 4.69) is 15.9 Å². The van der Waals surface area contributed by atoms with Crippen molar-refractivity contribution in [1.82, 2.24) is 9.55 Å². The summed E-state index contributed by atoms with van der Waals surface area (Å²) >= 11 is 16.1. The van der Waals surface area contributed by atoms with Gasteiger partial charge in [-0.25, -0.2) is 9.78 Å². The van der Waals surface area contributed by atoms with Crippen molar-refractivity contribution in [3.8, 4) is 17.0 Å². The molecule has 0 unspecified atom stereocenters. The predicted molar refractivity (Wildman–Crippen MR) is 144 cm³/mol. The standard InChI is InChI=1S/C27H21BrCl2N2O3/c1-34-25-11-8-20(28)13-19(25)7-12-26-31-24(22-10-9-21(29)14-23(22)30)16-32(26)15-17-3-5-18(6-4-17)27(33)35-2/h3-14,16H,15H2,1-2H3. The van der Waals surface area contributed by atoms with Crippen LogP contribution < -0.4 is 4.74 Å². The van der Waals surface area contributed by atoms with E-state index in [4.69, 9.17) is 37.7 Å². The summed E-state index contributed by atoms with van der Waals surface area (Å²) in [6, 6.07) is 18.4. The Labute approximate surface area is 222 Å². The Bertz CT molecular complexity index is 1400. The SMILES string of the molecule is COC(=O)c1ccc(Cn2cc(-c3ccc(Cl)cc3Cl)nc2C=Cc2cc(Br)ccc2OC)cc1. The fourth-order valence-electron chi connectivity index (χ4n) is 3.58. The first-order valence-corrected chi connectivity index (χ1v) is 12.1. The van der Waals surface area contributed by atoms with Gasteiger partial charge in [-0.2, -0.15) is 0 Å². The third kappa shape index (κ3) is 5.96. The van der Waals surface area contributed by atoms with Crippen molar-refractivity contribution in [2.45, 2.75) is 6.54 Å². The molecule has 0 aliphatic carbocycles. The number of benzene rings is 3. The Kier molecular flexibility index (Phi) is 7.96. The first-order chi connectivity index (χ1) is 16.9. The summed E-state index contributed by atoms with van der Waals surface area (Å²) in [5, 5.41) is 1.08. The third-order valence-corrected chi connectivity index (χ3v) is 6.39. The maximum atomic E-state index is 11.8. The summed E-state index contributed by atoms with van der Waals surface area (Å²) in [5.74, 6) is 1.11. The second kappa shape index (κ2) is 11.1. The molecule has 1 heterocycles. The van der Waals surface area contributed by atoms with Crippen molar-refractivity contribution in [3.05, 3.63) is 104 Å². The van der Waals surface area contributed by atoms with Gasteiger partial charge < -0.3 is 14.0 Å². The van der Waals surface area contributed by atoms with Gasteiger partial charge >= 0.3 is 5.97 Å². The number of carbonyl (C=O) groups is 1. The second-order valence-corrected chi connectivity index (χ2v) is 9.40. The Morgan fingerprint density at radius 3 is 2.49 bits per heavy atom. The molecular weight excluding hydrogens is 551 g/mol. The van der Waals surface area contributed by atoms with Crippen molar-refractivity contribution >= 4 is 57.3 Å². The molecule has 0 aliphatic heterocycles. The van der Waals surface area contributed by atoms with Crippen LogP contribution in [0.5, 0.6) is 5.75 Å². The van der Waals surface area contributed by atoms with E-state index in [1.165, 1.54) is 7.11 Å². The molecule has 0 aliphatic rings. The van der Waals surface area contributed by atoms with E-state index in [1.807, 2.05) is 59.3 Å². The zero-order valence-corrected chi connectivity index (χ0v) is 22.1. The van der Waals surface area contributed by atoms with Crippen LogP contribution in [0.25, 0.3) is 23.4 Å². The molecule has 1 aromatic heterocycles. The number of halogens is 3. The molecule has 0 atom stereocenters. The summed E-state index contributed by atoms with van der Waals surface area (Å²) in [5.41, 5.74) is 3.91. The molecule has 0 spiro atoms. The van der Waals surface area contributed by atoms with Gasteiger partial charge in [0.2, 0.25) is 0 Å². The normalized spacial score (nSPS) is 11.1. The Morgan fingerprint density at radius 1 is 1.03 bits per heavy atom. The van der Waals surface area contributed by atoms with Crippen LogP contribution >= 0.6 is 39.1 Å². The van der Waals surface area contributed by atoms with Gasteiger partial charge in [0.15, 0.2) is 0 Å². The summed E-state index contributed by atoms with van der Waals surface area (Å²) in [6.45, 7) is 0.537. The van der Waals surface area contributed by atoms with Gasteiger partial charge in [0.25, 0.3) is 0 Å². The minimum Gasteiger partial charge on any atom is -0.496 e. The highest BCUT2D eigenvalue weighted by atomic mass is 79.9. The van der Waals surface area contributed by atoms with Crippen LogP contribution in [-0.2, 0) is 11.3 Å². The minimum atomic E-state index is -0.370. The number of methoxy groups -OCH3 is 2. The molecule has 0 saturated heterocycles. The number of hydrogen-bond donors (Lipinski definition) is 0. The van der Waals surface area contributed by atoms with E-state index in [9.17, 15) is 4.79 Å². The van der Waals surface area contributed by atoms with Crippen molar-refractivity contribution in [2.24, 2.45) is 0 Å². The van der Waals surface area contributed by atoms with Gasteiger partial charge in [0.05, 0.1) is 30.5 Å². The molecule has 4 rings (SSSR count). The lowest BCUT2D eigenvalue weighted by Crippen LogP contribution is -2.03. The fraction of sp³-hybridized carbons (Fsp3) is 0.111. The average molecular weight is 572 g/mol. The average Bonchev–Trinajstić information content (AvgIpc) is 3.24. The molecule has 0 bridgehead atoms. The number of imidazole rings is 1. The third-order valence-electron chi connectivity index (χ3n) is 5.35. The Morgan fingerprint density at radius 2 is 1.80 bits per heavy atom. The van der Waals surface area contributed by atoms with Gasteiger partial charge in [-0.1, -0.05) is 51.3 Å². The summed E-state index contributed by atoms with van der Waals surface area (Å²) in [7, 11) is 3.00. The molecule has 0 radical (unpaired) electrons. The van der Waals surface area contributed by atoms with Crippen LogP contribution in [0.15, 0.2) is 71.3 Å². The van der Waals surface area contributed by atoms with E-state index in [0.717, 1.165) is 38.4 Å². The van der Waals surface area contributed by atoms with E-state index >= 15 is 0 Å². The van der Waals surface area contributed by atoms with Crippen molar-refractivity contribution < 1.29 is 14.3 Å². The van der Waals surface area contributed by atoms with Crippen molar-refractivity contribution in [2.75, 3.05) is 14.2 Å². The number of carbonyl (C=O) groups excluding carboxylic acids is 1. The lowest BCUT2D eigenvalue weighted by Gasteiger charge is -2.07. The largest absolute Gasteiger partial charge is 0.496 e. The predicted octanol–water partition coefficient (Wildman–Crippen LogP) is 7.63. The lowest BCUT2D eigenvalue weighted by atomic mass is 10.1. The maximum absolute atomic E-state index is 11.8. The summed E-state index contributed by atoms with van der Waals surface area (Å²) in [4.78, 5) is 16.6. The number of aromatic nitrogens is 2. The molecule has 4 aromatic rings. The van der Waals surface area contributed by atoms with Crippen LogP contribution in [0, 0.1) is 0 Å². The fourth-order valence-corrected chi connectivity index (χ4v) is 4.46. The summed E-state index contributed by atoms with van der Waals surface area (Å²) in [6.07, 6.45) is 5.83.